The molecule has 1 aliphatic heterocycles. The molecule has 1 saturated heterocycles. The lowest BCUT2D eigenvalue weighted by molar-refractivity contribution is 0.137. The molecule has 0 unspecified atom stereocenters. The van der Waals surface area contributed by atoms with E-state index in [1.54, 1.807) is 16.9 Å². The van der Waals surface area contributed by atoms with Crippen LogP contribution in [0.4, 0.5) is 22.4 Å². The Morgan fingerprint density at radius 3 is 2.73 bits per heavy atom. The SMILES string of the molecule is CCOCCn1nc(CCO)c2nc(N3CCN(C(=O)O)CC3)nc(Nc3ccncn3)c21. The molecule has 3 aromatic heterocycles. The van der Waals surface area contributed by atoms with Crippen LogP contribution in [0.3, 0.4) is 0 Å². The number of carboxylic acid groups (broad SMARTS) is 1. The summed E-state index contributed by atoms with van der Waals surface area (Å²) in [6.07, 6.45) is 2.48. The third-order valence-corrected chi connectivity index (χ3v) is 5.31. The van der Waals surface area contributed by atoms with Crippen molar-refractivity contribution in [3.05, 3.63) is 24.3 Å². The van der Waals surface area contributed by atoms with Crippen LogP contribution in [0.1, 0.15) is 12.6 Å². The first-order valence-electron chi connectivity index (χ1n) is 10.8. The van der Waals surface area contributed by atoms with Crippen molar-refractivity contribution in [2.24, 2.45) is 0 Å². The third kappa shape index (κ3) is 5.09. The Balaban J connectivity index is 1.76. The highest BCUT2D eigenvalue weighted by Gasteiger charge is 2.25. The molecule has 0 bridgehead atoms. The summed E-state index contributed by atoms with van der Waals surface area (Å²) in [4.78, 5) is 32.3. The monoisotopic (exact) mass is 457 g/mol. The molecule has 0 aliphatic carbocycles. The summed E-state index contributed by atoms with van der Waals surface area (Å²) in [5.74, 6) is 1.54. The molecule has 3 aromatic rings. The first-order chi connectivity index (χ1) is 16.1. The highest BCUT2D eigenvalue weighted by molar-refractivity contribution is 5.90. The predicted octanol–water partition coefficient (Wildman–Crippen LogP) is 0.731. The minimum Gasteiger partial charge on any atom is -0.465 e. The second-order valence-electron chi connectivity index (χ2n) is 7.39. The Morgan fingerprint density at radius 1 is 1.24 bits per heavy atom. The van der Waals surface area contributed by atoms with Crippen LogP contribution in [0.2, 0.25) is 0 Å². The summed E-state index contributed by atoms with van der Waals surface area (Å²) in [6.45, 7) is 5.09. The molecule has 176 valence electrons. The number of nitrogens with one attached hydrogen (secondary N) is 1. The Bertz CT molecular complexity index is 1080. The van der Waals surface area contributed by atoms with E-state index >= 15 is 0 Å². The molecule has 33 heavy (non-hydrogen) atoms. The number of piperazine rings is 1. The van der Waals surface area contributed by atoms with Gasteiger partial charge in [-0.15, -0.1) is 0 Å². The van der Waals surface area contributed by atoms with Crippen molar-refractivity contribution < 1.29 is 19.7 Å². The van der Waals surface area contributed by atoms with Crippen LogP contribution >= 0.6 is 0 Å². The lowest BCUT2D eigenvalue weighted by atomic mass is 10.2. The third-order valence-electron chi connectivity index (χ3n) is 5.31. The van der Waals surface area contributed by atoms with Gasteiger partial charge in [-0.2, -0.15) is 10.1 Å². The molecule has 13 nitrogen and oxygen atoms in total. The normalized spacial score (nSPS) is 14.1. The zero-order chi connectivity index (χ0) is 23.2. The van der Waals surface area contributed by atoms with Gasteiger partial charge < -0.3 is 30.1 Å². The molecule has 4 rings (SSSR count). The molecule has 1 amide bonds. The van der Waals surface area contributed by atoms with Crippen LogP contribution < -0.4 is 10.2 Å². The molecule has 0 atom stereocenters. The summed E-state index contributed by atoms with van der Waals surface area (Å²) in [7, 11) is 0. The van der Waals surface area contributed by atoms with Crippen molar-refractivity contribution >= 4 is 34.7 Å². The molecule has 1 aliphatic rings. The molecule has 0 saturated carbocycles. The van der Waals surface area contributed by atoms with Gasteiger partial charge in [-0.25, -0.2) is 19.7 Å². The highest BCUT2D eigenvalue weighted by Crippen LogP contribution is 2.29. The van der Waals surface area contributed by atoms with Crippen molar-refractivity contribution in [2.75, 3.05) is 56.2 Å². The fourth-order valence-electron chi connectivity index (χ4n) is 3.68. The van der Waals surface area contributed by atoms with Gasteiger partial charge in [-0.05, 0) is 13.0 Å². The molecule has 1 fully saturated rings. The number of carbonyl (C=O) groups is 1. The fraction of sp³-hybridized carbons (Fsp3) is 0.500. The van der Waals surface area contributed by atoms with Crippen molar-refractivity contribution in [3.8, 4) is 0 Å². The van der Waals surface area contributed by atoms with Crippen molar-refractivity contribution in [2.45, 2.75) is 19.9 Å². The summed E-state index contributed by atoms with van der Waals surface area (Å²) < 4.78 is 7.29. The minimum atomic E-state index is -0.932. The van der Waals surface area contributed by atoms with Gasteiger partial charge in [-0.1, -0.05) is 0 Å². The number of aliphatic hydroxyl groups excluding tert-OH is 1. The number of nitrogens with zero attached hydrogens (tertiary/aromatic N) is 8. The van der Waals surface area contributed by atoms with Crippen LogP contribution in [-0.4, -0.2) is 96.9 Å². The maximum absolute atomic E-state index is 11.3. The molecule has 4 heterocycles. The van der Waals surface area contributed by atoms with E-state index in [0.717, 1.165) is 0 Å². The van der Waals surface area contributed by atoms with E-state index in [-0.39, 0.29) is 6.61 Å². The fourth-order valence-corrected chi connectivity index (χ4v) is 3.68. The van der Waals surface area contributed by atoms with Gasteiger partial charge in [0.15, 0.2) is 5.82 Å². The summed E-state index contributed by atoms with van der Waals surface area (Å²) in [6, 6.07) is 1.73. The molecule has 0 spiro atoms. The van der Waals surface area contributed by atoms with Crippen molar-refractivity contribution in [1.82, 2.24) is 34.6 Å². The molecule has 0 aromatic carbocycles. The number of ether oxygens (including phenoxy) is 1. The number of fused-ring (bicyclic) bond motifs is 1. The minimum absolute atomic E-state index is 0.0666. The maximum Gasteiger partial charge on any atom is 0.407 e. The van der Waals surface area contributed by atoms with E-state index in [4.69, 9.17) is 14.7 Å². The van der Waals surface area contributed by atoms with Crippen LogP contribution in [0, 0.1) is 0 Å². The topological polar surface area (TPSA) is 155 Å². The summed E-state index contributed by atoms with van der Waals surface area (Å²) in [5, 5.41) is 26.7. The predicted molar refractivity (Wildman–Crippen MR) is 120 cm³/mol. The highest BCUT2D eigenvalue weighted by atomic mass is 16.5. The second-order valence-corrected chi connectivity index (χ2v) is 7.39. The van der Waals surface area contributed by atoms with E-state index < -0.39 is 6.09 Å². The van der Waals surface area contributed by atoms with Crippen LogP contribution in [-0.2, 0) is 17.7 Å². The first-order valence-corrected chi connectivity index (χ1v) is 10.8. The number of anilines is 3. The van der Waals surface area contributed by atoms with Gasteiger partial charge >= 0.3 is 6.09 Å². The van der Waals surface area contributed by atoms with Gasteiger partial charge in [-0.3, -0.25) is 4.68 Å². The maximum atomic E-state index is 11.3. The van der Waals surface area contributed by atoms with Gasteiger partial charge in [0, 0.05) is 52.0 Å². The number of amides is 1. The first kappa shape index (κ1) is 22.6. The van der Waals surface area contributed by atoms with Crippen LogP contribution in [0.15, 0.2) is 18.6 Å². The van der Waals surface area contributed by atoms with E-state index in [9.17, 15) is 15.0 Å². The Hall–Kier alpha value is -3.58. The van der Waals surface area contributed by atoms with Gasteiger partial charge in [0.05, 0.1) is 18.8 Å². The second kappa shape index (κ2) is 10.4. The number of aromatic nitrogens is 6. The Kier molecular flexibility index (Phi) is 7.10. The molecular weight excluding hydrogens is 430 g/mol. The Morgan fingerprint density at radius 2 is 2.06 bits per heavy atom. The largest absolute Gasteiger partial charge is 0.465 e. The number of hydrogen-bond donors (Lipinski definition) is 3. The Labute approximate surface area is 190 Å². The smallest absolute Gasteiger partial charge is 0.407 e. The van der Waals surface area contributed by atoms with Gasteiger partial charge in [0.25, 0.3) is 0 Å². The molecule has 0 radical (unpaired) electrons. The van der Waals surface area contributed by atoms with Gasteiger partial charge in [0.2, 0.25) is 5.95 Å². The molecule has 3 N–H and O–H groups in total. The average molecular weight is 457 g/mol. The van der Waals surface area contributed by atoms with Crippen molar-refractivity contribution in [1.29, 1.82) is 0 Å². The summed E-state index contributed by atoms with van der Waals surface area (Å²) in [5.41, 5.74) is 1.97. The molecule has 13 heteroatoms. The van der Waals surface area contributed by atoms with Gasteiger partial charge in [0.1, 0.15) is 23.2 Å². The van der Waals surface area contributed by atoms with Crippen LogP contribution in [0.25, 0.3) is 11.0 Å². The van der Waals surface area contributed by atoms with Crippen LogP contribution in [0.5, 0.6) is 0 Å². The lowest BCUT2D eigenvalue weighted by Gasteiger charge is -2.33. The average Bonchev–Trinajstić information content (AvgIpc) is 3.18. The number of aliphatic hydroxyl groups is 1. The van der Waals surface area contributed by atoms with E-state index in [1.165, 1.54) is 11.2 Å². The van der Waals surface area contributed by atoms with E-state index in [0.29, 0.717) is 86.7 Å². The lowest BCUT2D eigenvalue weighted by Crippen LogP contribution is -2.48. The zero-order valence-corrected chi connectivity index (χ0v) is 18.4. The number of hydrogen-bond acceptors (Lipinski definition) is 10. The molecular formula is C20H27N9O4. The summed E-state index contributed by atoms with van der Waals surface area (Å²) >= 11 is 0. The number of rotatable bonds is 9. The quantitative estimate of drug-likeness (QED) is 0.389. The van der Waals surface area contributed by atoms with Crippen molar-refractivity contribution in [3.63, 3.8) is 0 Å². The van der Waals surface area contributed by atoms with E-state index in [1.807, 2.05) is 11.8 Å². The van der Waals surface area contributed by atoms with E-state index in [2.05, 4.69) is 20.4 Å². The standard InChI is InChI=1S/C20H27N9O4/c1-2-33-12-10-29-17-16(14(26-29)4-11-30)24-19(27-6-8-28(9-7-27)20(31)32)25-18(17)23-15-3-5-21-13-22-15/h3,5,13,30H,2,4,6-12H2,1H3,(H,31,32)(H,21,22,23,24,25). The zero-order valence-electron chi connectivity index (χ0n) is 18.4.